The van der Waals surface area contributed by atoms with E-state index in [0.29, 0.717) is 30.3 Å². The molecule has 1 saturated carbocycles. The molecule has 1 saturated heterocycles. The number of rotatable bonds is 1. The molecule has 2 aliphatic rings. The van der Waals surface area contributed by atoms with Crippen molar-refractivity contribution >= 4 is 28.6 Å². The van der Waals surface area contributed by atoms with Crippen LogP contribution in [-0.4, -0.2) is 39.2 Å². The predicted octanol–water partition coefficient (Wildman–Crippen LogP) is 4.18. The smallest absolute Gasteiger partial charge is 0.410 e. The molecule has 7 heteroatoms. The highest BCUT2D eigenvalue weighted by molar-refractivity contribution is 6.30. The van der Waals surface area contributed by atoms with E-state index >= 15 is 0 Å². The van der Waals surface area contributed by atoms with Gasteiger partial charge in [0.2, 0.25) is 0 Å². The molecule has 3 atom stereocenters. The number of amides is 1. The Hall–Kier alpha value is -1.82. The van der Waals surface area contributed by atoms with Crippen molar-refractivity contribution in [2.75, 3.05) is 13.1 Å². The summed E-state index contributed by atoms with van der Waals surface area (Å²) in [4.78, 5) is 17.9. The summed E-state index contributed by atoms with van der Waals surface area (Å²) in [5, 5.41) is 0.439. The Morgan fingerprint density at radius 1 is 1.36 bits per heavy atom. The molecule has 0 bridgehead atoms. The monoisotopic (exact) mass is 365 g/mol. The summed E-state index contributed by atoms with van der Waals surface area (Å²) < 4.78 is 21.8. The molecular weight excluding hydrogens is 345 g/mol. The maximum absolute atomic E-state index is 14.3. The number of aryl methyl sites for hydroxylation is 1. The first-order valence-electron chi connectivity index (χ1n) is 8.46. The minimum atomic E-state index is -0.487. The SMILES string of the molecule is Cc1cn(C2[C@H]3CN(C(=O)OC(C)(C)C)C[C@@H]23)c2cnc(Cl)c(F)c12. The quantitative estimate of drug-likeness (QED) is 0.712. The van der Waals surface area contributed by atoms with Crippen LogP contribution in [0.15, 0.2) is 12.4 Å². The van der Waals surface area contributed by atoms with Crippen molar-refractivity contribution in [2.45, 2.75) is 39.3 Å². The standard InChI is InChI=1S/C18H21ClFN3O2/c1-9-6-23(12-5-21-16(19)14(20)13(9)12)15-10-7-22(8-11(10)15)17(24)25-18(2,3)4/h5-6,10-11,15H,7-8H2,1-4H3/t10-,11+,15?. The molecule has 3 heterocycles. The van der Waals surface area contributed by atoms with Crippen LogP contribution in [0.3, 0.4) is 0 Å². The number of hydrogen-bond acceptors (Lipinski definition) is 3. The van der Waals surface area contributed by atoms with Crippen LogP contribution in [0.5, 0.6) is 0 Å². The van der Waals surface area contributed by atoms with E-state index in [-0.39, 0.29) is 17.3 Å². The third kappa shape index (κ3) is 2.67. The Balaban J connectivity index is 1.54. The Kier molecular flexibility index (Phi) is 3.55. The maximum Gasteiger partial charge on any atom is 0.410 e. The molecule has 0 spiro atoms. The van der Waals surface area contributed by atoms with Crippen LogP contribution in [-0.2, 0) is 4.74 Å². The maximum atomic E-state index is 14.3. The number of aromatic nitrogens is 2. The molecule has 1 amide bonds. The van der Waals surface area contributed by atoms with Gasteiger partial charge in [-0.05, 0) is 33.3 Å². The minimum absolute atomic E-state index is 0.0968. The molecule has 0 radical (unpaired) electrons. The van der Waals surface area contributed by atoms with Gasteiger partial charge in [0.05, 0.1) is 11.7 Å². The Morgan fingerprint density at radius 2 is 2.00 bits per heavy atom. The zero-order valence-corrected chi connectivity index (χ0v) is 15.5. The van der Waals surface area contributed by atoms with Gasteiger partial charge in [-0.15, -0.1) is 0 Å². The first-order chi connectivity index (χ1) is 11.7. The van der Waals surface area contributed by atoms with E-state index in [0.717, 1.165) is 11.1 Å². The third-order valence-corrected chi connectivity index (χ3v) is 5.35. The summed E-state index contributed by atoms with van der Waals surface area (Å²) in [7, 11) is 0. The molecule has 2 aromatic heterocycles. The number of halogens is 2. The highest BCUT2D eigenvalue weighted by atomic mass is 35.5. The van der Waals surface area contributed by atoms with Gasteiger partial charge >= 0.3 is 6.09 Å². The van der Waals surface area contributed by atoms with Gasteiger partial charge in [-0.25, -0.2) is 14.2 Å². The minimum Gasteiger partial charge on any atom is -0.444 e. The molecule has 134 valence electrons. The second-order valence-corrected chi connectivity index (χ2v) is 8.40. The van der Waals surface area contributed by atoms with E-state index in [1.54, 1.807) is 11.1 Å². The van der Waals surface area contributed by atoms with Crippen molar-refractivity contribution in [1.82, 2.24) is 14.5 Å². The Labute approximate surface area is 150 Å². The number of likely N-dealkylation sites (tertiary alicyclic amines) is 1. The number of fused-ring (bicyclic) bond motifs is 2. The van der Waals surface area contributed by atoms with E-state index in [1.807, 2.05) is 33.9 Å². The van der Waals surface area contributed by atoms with Crippen molar-refractivity contribution < 1.29 is 13.9 Å². The number of pyridine rings is 1. The van der Waals surface area contributed by atoms with Crippen molar-refractivity contribution in [3.63, 3.8) is 0 Å². The summed E-state index contributed by atoms with van der Waals surface area (Å²) in [6.45, 7) is 8.83. The lowest BCUT2D eigenvalue weighted by atomic mass is 10.2. The Morgan fingerprint density at radius 3 is 2.60 bits per heavy atom. The zero-order valence-electron chi connectivity index (χ0n) is 14.7. The van der Waals surface area contributed by atoms with Crippen LogP contribution < -0.4 is 0 Å². The van der Waals surface area contributed by atoms with Gasteiger partial charge in [0.1, 0.15) is 5.60 Å². The molecule has 25 heavy (non-hydrogen) atoms. The first kappa shape index (κ1) is 16.6. The lowest BCUT2D eigenvalue weighted by molar-refractivity contribution is 0.0267. The molecule has 1 unspecified atom stereocenters. The molecule has 0 N–H and O–H groups in total. The summed E-state index contributed by atoms with van der Waals surface area (Å²) in [5.41, 5.74) is 1.13. The van der Waals surface area contributed by atoms with E-state index in [2.05, 4.69) is 9.55 Å². The van der Waals surface area contributed by atoms with Crippen molar-refractivity contribution in [2.24, 2.45) is 11.8 Å². The van der Waals surface area contributed by atoms with Gasteiger partial charge in [-0.3, -0.25) is 0 Å². The fourth-order valence-electron chi connectivity index (χ4n) is 4.00. The van der Waals surface area contributed by atoms with Crippen LogP contribution in [0.4, 0.5) is 9.18 Å². The predicted molar refractivity (Wildman–Crippen MR) is 93.3 cm³/mol. The second-order valence-electron chi connectivity index (χ2n) is 8.05. The van der Waals surface area contributed by atoms with Crippen molar-refractivity contribution in [3.8, 4) is 0 Å². The number of hydrogen-bond donors (Lipinski definition) is 0. The molecule has 4 rings (SSSR count). The molecule has 1 aliphatic carbocycles. The molecule has 5 nitrogen and oxygen atoms in total. The van der Waals surface area contributed by atoms with Gasteiger partial charge in [-0.2, -0.15) is 0 Å². The summed E-state index contributed by atoms with van der Waals surface area (Å²) in [6.07, 6.45) is 3.34. The fourth-order valence-corrected chi connectivity index (χ4v) is 4.14. The number of carbonyl (C=O) groups excluding carboxylic acids is 1. The van der Waals surface area contributed by atoms with Crippen LogP contribution in [0.25, 0.3) is 10.9 Å². The van der Waals surface area contributed by atoms with Gasteiger partial charge in [0.15, 0.2) is 11.0 Å². The van der Waals surface area contributed by atoms with Gasteiger partial charge in [0, 0.05) is 42.6 Å². The second kappa shape index (κ2) is 5.34. The number of piperidine rings is 1. The van der Waals surface area contributed by atoms with Gasteiger partial charge < -0.3 is 14.2 Å². The first-order valence-corrected chi connectivity index (χ1v) is 8.84. The van der Waals surface area contributed by atoms with Gasteiger partial charge in [-0.1, -0.05) is 11.6 Å². The van der Waals surface area contributed by atoms with Crippen LogP contribution >= 0.6 is 11.6 Å². The van der Waals surface area contributed by atoms with E-state index in [4.69, 9.17) is 16.3 Å². The van der Waals surface area contributed by atoms with Crippen molar-refractivity contribution in [1.29, 1.82) is 0 Å². The molecule has 0 aromatic carbocycles. The number of nitrogens with zero attached hydrogens (tertiary/aromatic N) is 3. The fraction of sp³-hybridized carbons (Fsp3) is 0.556. The van der Waals surface area contributed by atoms with Crippen LogP contribution in [0.1, 0.15) is 32.4 Å². The van der Waals surface area contributed by atoms with E-state index in [9.17, 15) is 9.18 Å². The molecule has 1 aliphatic heterocycles. The van der Waals surface area contributed by atoms with Gasteiger partial charge in [0.25, 0.3) is 0 Å². The van der Waals surface area contributed by atoms with Crippen LogP contribution in [0.2, 0.25) is 5.15 Å². The number of carbonyl (C=O) groups is 1. The van der Waals surface area contributed by atoms with Crippen LogP contribution in [0, 0.1) is 24.6 Å². The third-order valence-electron chi connectivity index (χ3n) is 5.08. The lowest BCUT2D eigenvalue weighted by Crippen LogP contribution is -2.37. The van der Waals surface area contributed by atoms with E-state index in [1.165, 1.54) is 0 Å². The zero-order chi connectivity index (χ0) is 18.1. The van der Waals surface area contributed by atoms with Crippen molar-refractivity contribution in [3.05, 3.63) is 28.9 Å². The summed E-state index contributed by atoms with van der Waals surface area (Å²) >= 11 is 5.81. The lowest BCUT2D eigenvalue weighted by Gasteiger charge is -2.26. The average Bonchev–Trinajstić information content (AvgIpc) is 2.86. The highest BCUT2D eigenvalue weighted by Crippen LogP contribution is 2.56. The molecule has 2 fully saturated rings. The molecule has 2 aromatic rings. The number of ether oxygens (including phenoxy) is 1. The average molecular weight is 366 g/mol. The largest absolute Gasteiger partial charge is 0.444 e. The van der Waals surface area contributed by atoms with E-state index < -0.39 is 11.4 Å². The Bertz CT molecular complexity index is 861. The summed E-state index contributed by atoms with van der Waals surface area (Å²) in [6, 6.07) is 0.275. The summed E-state index contributed by atoms with van der Waals surface area (Å²) in [5.74, 6) is 0.291. The molecular formula is C18H21ClFN3O2. The topological polar surface area (TPSA) is 47.4 Å². The highest BCUT2D eigenvalue weighted by Gasteiger charge is 2.58. The normalized spacial score (nSPS) is 25.4.